The molecule has 1 fully saturated rings. The van der Waals surface area contributed by atoms with Gasteiger partial charge in [0.05, 0.1) is 17.4 Å². The standard InChI is InChI=1S/C17H23N5OS/c1-4-13-16(24-20-19-13)17(23)22-9-5-6-15(22)14-8-7-12(10-18-14)11-21(2)3/h7-8,10,15H,4-6,9,11H2,1-3H3/t15-/m0/s1. The molecule has 1 amide bonds. The summed E-state index contributed by atoms with van der Waals surface area (Å²) < 4.78 is 3.95. The number of pyridine rings is 1. The van der Waals surface area contributed by atoms with Crippen LogP contribution in [0.15, 0.2) is 18.3 Å². The topological polar surface area (TPSA) is 62.2 Å². The normalized spacial score (nSPS) is 17.7. The zero-order chi connectivity index (χ0) is 17.1. The van der Waals surface area contributed by atoms with Gasteiger partial charge in [-0.05, 0) is 56.5 Å². The molecule has 0 radical (unpaired) electrons. The van der Waals surface area contributed by atoms with Gasteiger partial charge in [0, 0.05) is 19.3 Å². The molecular formula is C17H23N5OS. The van der Waals surface area contributed by atoms with E-state index in [0.29, 0.717) is 4.88 Å². The summed E-state index contributed by atoms with van der Waals surface area (Å²) in [6, 6.07) is 4.22. The van der Waals surface area contributed by atoms with Gasteiger partial charge < -0.3 is 9.80 Å². The Balaban J connectivity index is 1.79. The Morgan fingerprint density at radius 2 is 2.25 bits per heavy atom. The van der Waals surface area contributed by atoms with Crippen molar-refractivity contribution in [2.45, 2.75) is 38.8 Å². The highest BCUT2D eigenvalue weighted by Crippen LogP contribution is 2.33. The van der Waals surface area contributed by atoms with Gasteiger partial charge in [-0.15, -0.1) is 5.10 Å². The molecule has 0 unspecified atom stereocenters. The maximum Gasteiger partial charge on any atom is 0.268 e. The Bertz CT molecular complexity index is 697. The summed E-state index contributed by atoms with van der Waals surface area (Å²) in [7, 11) is 4.08. The van der Waals surface area contributed by atoms with E-state index in [0.717, 1.165) is 43.7 Å². The summed E-state index contributed by atoms with van der Waals surface area (Å²) in [6.07, 6.45) is 4.61. The van der Waals surface area contributed by atoms with E-state index in [2.05, 4.69) is 31.6 Å². The molecule has 2 aromatic rings. The minimum atomic E-state index is 0.0449. The van der Waals surface area contributed by atoms with Crippen molar-refractivity contribution < 1.29 is 4.79 Å². The zero-order valence-electron chi connectivity index (χ0n) is 14.4. The zero-order valence-corrected chi connectivity index (χ0v) is 15.2. The number of carbonyl (C=O) groups is 1. The van der Waals surface area contributed by atoms with Crippen LogP contribution in [0.2, 0.25) is 0 Å². The highest BCUT2D eigenvalue weighted by atomic mass is 32.1. The molecule has 0 N–H and O–H groups in total. The number of aryl methyl sites for hydroxylation is 1. The van der Waals surface area contributed by atoms with Crippen molar-refractivity contribution in [3.05, 3.63) is 40.2 Å². The van der Waals surface area contributed by atoms with Crippen molar-refractivity contribution in [3.63, 3.8) is 0 Å². The van der Waals surface area contributed by atoms with E-state index in [9.17, 15) is 4.79 Å². The molecule has 3 heterocycles. The third-order valence-corrected chi connectivity index (χ3v) is 5.04. The molecule has 1 aliphatic rings. The van der Waals surface area contributed by atoms with E-state index in [1.54, 1.807) is 0 Å². The van der Waals surface area contributed by atoms with Gasteiger partial charge in [-0.2, -0.15) is 0 Å². The smallest absolute Gasteiger partial charge is 0.268 e. The Labute approximate surface area is 146 Å². The quantitative estimate of drug-likeness (QED) is 0.833. The highest BCUT2D eigenvalue weighted by Gasteiger charge is 2.33. The van der Waals surface area contributed by atoms with E-state index in [4.69, 9.17) is 0 Å². The second-order valence-electron chi connectivity index (χ2n) is 6.39. The molecule has 2 aromatic heterocycles. The number of hydrogen-bond acceptors (Lipinski definition) is 6. The molecule has 0 saturated carbocycles. The van der Waals surface area contributed by atoms with Crippen LogP contribution in [0, 0.1) is 0 Å². The number of likely N-dealkylation sites (tertiary alicyclic amines) is 1. The number of carbonyl (C=O) groups excluding carboxylic acids is 1. The van der Waals surface area contributed by atoms with Gasteiger partial charge in [-0.25, -0.2) is 0 Å². The summed E-state index contributed by atoms with van der Waals surface area (Å²) in [5.41, 5.74) is 2.95. The number of hydrogen-bond donors (Lipinski definition) is 0. The first-order valence-corrected chi connectivity index (χ1v) is 9.09. The van der Waals surface area contributed by atoms with Crippen LogP contribution >= 0.6 is 11.5 Å². The molecule has 1 atom stereocenters. The molecule has 6 nitrogen and oxygen atoms in total. The first kappa shape index (κ1) is 17.0. The maximum atomic E-state index is 12.9. The van der Waals surface area contributed by atoms with Crippen LogP contribution in [0.1, 0.15) is 52.4 Å². The Morgan fingerprint density at radius 1 is 1.42 bits per heavy atom. The summed E-state index contributed by atoms with van der Waals surface area (Å²) in [5.74, 6) is 0.0449. The van der Waals surface area contributed by atoms with Crippen LogP contribution in [0.3, 0.4) is 0 Å². The molecule has 128 valence electrons. The van der Waals surface area contributed by atoms with Gasteiger partial charge in [0.15, 0.2) is 0 Å². The SMILES string of the molecule is CCc1nnsc1C(=O)N1CCC[C@H]1c1ccc(CN(C)C)cn1. The lowest BCUT2D eigenvalue weighted by atomic mass is 10.1. The fourth-order valence-corrected chi connectivity index (χ4v) is 3.85. The van der Waals surface area contributed by atoms with Gasteiger partial charge in [0.25, 0.3) is 5.91 Å². The molecule has 3 rings (SSSR count). The minimum Gasteiger partial charge on any atom is -0.329 e. The largest absolute Gasteiger partial charge is 0.329 e. The predicted molar refractivity (Wildman–Crippen MR) is 93.9 cm³/mol. The van der Waals surface area contributed by atoms with Crippen LogP contribution in [0.25, 0.3) is 0 Å². The second-order valence-corrected chi connectivity index (χ2v) is 7.14. The molecule has 7 heteroatoms. The van der Waals surface area contributed by atoms with E-state index in [1.165, 1.54) is 17.1 Å². The number of aromatic nitrogens is 3. The molecule has 1 saturated heterocycles. The highest BCUT2D eigenvalue weighted by molar-refractivity contribution is 7.08. The van der Waals surface area contributed by atoms with Crippen molar-refractivity contribution in [1.82, 2.24) is 24.4 Å². The average Bonchev–Trinajstić information content (AvgIpc) is 3.23. The van der Waals surface area contributed by atoms with Crippen molar-refractivity contribution in [2.75, 3.05) is 20.6 Å². The Kier molecular flexibility index (Phi) is 5.20. The lowest BCUT2D eigenvalue weighted by Crippen LogP contribution is -2.31. The molecule has 0 spiro atoms. The van der Waals surface area contributed by atoms with E-state index < -0.39 is 0 Å². The van der Waals surface area contributed by atoms with E-state index in [-0.39, 0.29) is 11.9 Å². The fourth-order valence-electron chi connectivity index (χ4n) is 3.14. The van der Waals surface area contributed by atoms with Crippen molar-refractivity contribution in [3.8, 4) is 0 Å². The van der Waals surface area contributed by atoms with E-state index in [1.807, 2.05) is 32.1 Å². The van der Waals surface area contributed by atoms with Gasteiger partial charge in [0.1, 0.15) is 4.88 Å². The Hall–Kier alpha value is -1.86. The summed E-state index contributed by atoms with van der Waals surface area (Å²) in [4.78, 5) is 22.3. The summed E-state index contributed by atoms with van der Waals surface area (Å²) in [6.45, 7) is 3.64. The molecule has 0 bridgehead atoms. The predicted octanol–water partition coefficient (Wildman–Crippen LogP) is 2.53. The van der Waals surface area contributed by atoms with E-state index >= 15 is 0 Å². The number of amides is 1. The van der Waals surface area contributed by atoms with Crippen LogP contribution in [-0.4, -0.2) is 50.9 Å². The maximum absolute atomic E-state index is 12.9. The van der Waals surface area contributed by atoms with Crippen LogP contribution < -0.4 is 0 Å². The van der Waals surface area contributed by atoms with Crippen LogP contribution in [-0.2, 0) is 13.0 Å². The first-order chi connectivity index (χ1) is 11.6. The van der Waals surface area contributed by atoms with Gasteiger partial charge in [-0.1, -0.05) is 17.5 Å². The van der Waals surface area contributed by atoms with Gasteiger partial charge in [0.2, 0.25) is 0 Å². The lowest BCUT2D eigenvalue weighted by molar-refractivity contribution is 0.0736. The van der Waals surface area contributed by atoms with Gasteiger partial charge >= 0.3 is 0 Å². The molecule has 1 aliphatic heterocycles. The van der Waals surface area contributed by atoms with Crippen LogP contribution in [0.5, 0.6) is 0 Å². The van der Waals surface area contributed by atoms with Crippen molar-refractivity contribution >= 4 is 17.4 Å². The van der Waals surface area contributed by atoms with Gasteiger partial charge in [-0.3, -0.25) is 9.78 Å². The van der Waals surface area contributed by atoms with Crippen molar-refractivity contribution in [1.29, 1.82) is 0 Å². The number of rotatable bonds is 5. The monoisotopic (exact) mass is 345 g/mol. The Morgan fingerprint density at radius 3 is 2.92 bits per heavy atom. The molecular weight excluding hydrogens is 322 g/mol. The molecule has 24 heavy (non-hydrogen) atoms. The average molecular weight is 345 g/mol. The molecule has 0 aromatic carbocycles. The molecule has 0 aliphatic carbocycles. The first-order valence-electron chi connectivity index (χ1n) is 8.32. The second kappa shape index (κ2) is 7.36. The lowest BCUT2D eigenvalue weighted by Gasteiger charge is -2.24. The van der Waals surface area contributed by atoms with Crippen molar-refractivity contribution in [2.24, 2.45) is 0 Å². The minimum absolute atomic E-state index is 0.0449. The third-order valence-electron chi connectivity index (χ3n) is 4.29. The summed E-state index contributed by atoms with van der Waals surface area (Å²) >= 11 is 1.20. The van der Waals surface area contributed by atoms with Crippen LogP contribution in [0.4, 0.5) is 0 Å². The fraction of sp³-hybridized carbons (Fsp3) is 0.529. The third kappa shape index (κ3) is 3.47. The summed E-state index contributed by atoms with van der Waals surface area (Å²) in [5, 5.41) is 4.06. The number of nitrogens with zero attached hydrogens (tertiary/aromatic N) is 5.